The molecule has 0 saturated heterocycles. The molecule has 0 saturated carbocycles. The minimum absolute atomic E-state index is 0.757. The lowest BCUT2D eigenvalue weighted by atomic mass is 10.4. The summed E-state index contributed by atoms with van der Waals surface area (Å²) in [7, 11) is 0. The topological polar surface area (TPSA) is 51.8 Å². The Morgan fingerprint density at radius 2 is 2.33 bits per heavy atom. The second-order valence-corrected chi connectivity index (χ2v) is 4.91. The van der Waals surface area contributed by atoms with Crippen LogP contribution in [0, 0.1) is 9.94 Å². The Labute approximate surface area is 86.1 Å². The number of aromatic nitrogens is 3. The molecule has 62 valence electrons. The Hall–Kier alpha value is -0.500. The first-order valence-corrected chi connectivity index (χ1v) is 5.08. The van der Waals surface area contributed by atoms with Crippen LogP contribution in [0.5, 0.6) is 0 Å². The largest absolute Gasteiger partial charge is 0.361 e. The van der Waals surface area contributed by atoms with E-state index in [1.54, 1.807) is 0 Å². The van der Waals surface area contributed by atoms with Gasteiger partial charge in [0.2, 0.25) is 0 Å². The summed E-state index contributed by atoms with van der Waals surface area (Å²) < 4.78 is 5.82. The lowest BCUT2D eigenvalue weighted by molar-refractivity contribution is 0.399. The van der Waals surface area contributed by atoms with Crippen LogP contribution < -0.4 is 0 Å². The fraction of sp³-hybridized carbons (Fsp3) is 0.167. The molecule has 0 N–H and O–H groups in total. The average Bonchev–Trinajstić information content (AvgIpc) is 2.58. The van der Waals surface area contributed by atoms with Gasteiger partial charge in [-0.15, -0.1) is 10.2 Å². The van der Waals surface area contributed by atoms with Crippen LogP contribution in [0.3, 0.4) is 0 Å². The third-order valence-electron chi connectivity index (χ3n) is 1.25. The molecule has 0 radical (unpaired) electrons. The summed E-state index contributed by atoms with van der Waals surface area (Å²) in [6.45, 7) is 1.85. The second-order valence-electron chi connectivity index (χ2n) is 2.18. The molecule has 0 aliphatic carbocycles. The summed E-state index contributed by atoms with van der Waals surface area (Å²) in [6, 6.07) is 1.84. The van der Waals surface area contributed by atoms with Gasteiger partial charge in [-0.3, -0.25) is 0 Å². The smallest absolute Gasteiger partial charge is 0.178 e. The van der Waals surface area contributed by atoms with Gasteiger partial charge in [-0.25, -0.2) is 0 Å². The van der Waals surface area contributed by atoms with Crippen LogP contribution in [0.2, 0.25) is 0 Å². The minimum atomic E-state index is 0.757. The molecule has 0 bridgehead atoms. The van der Waals surface area contributed by atoms with Gasteiger partial charge in [-0.2, -0.15) is 0 Å². The van der Waals surface area contributed by atoms with Crippen molar-refractivity contribution < 1.29 is 4.52 Å². The van der Waals surface area contributed by atoms with E-state index in [0.29, 0.717) is 0 Å². The minimum Gasteiger partial charge on any atom is -0.361 e. The van der Waals surface area contributed by atoms with Crippen LogP contribution in [0.15, 0.2) is 10.6 Å². The molecule has 0 spiro atoms. The Kier molecular flexibility index (Phi) is 2.09. The van der Waals surface area contributed by atoms with E-state index in [9.17, 15) is 0 Å². The van der Waals surface area contributed by atoms with Crippen LogP contribution in [0.4, 0.5) is 0 Å². The first-order valence-electron chi connectivity index (χ1n) is 3.18. The Morgan fingerprint density at radius 1 is 1.50 bits per heavy atom. The van der Waals surface area contributed by atoms with Gasteiger partial charge in [0.05, 0.1) is 0 Å². The fourth-order valence-electron chi connectivity index (χ4n) is 0.776. The highest BCUT2D eigenvalue weighted by atomic mass is 127. The summed E-state index contributed by atoms with van der Waals surface area (Å²) in [5, 5.41) is 12.4. The van der Waals surface area contributed by atoms with Gasteiger partial charge in [0.1, 0.15) is 11.5 Å². The molecular formula is C6H4IN3OS. The zero-order valence-corrected chi connectivity index (χ0v) is 9.09. The van der Waals surface area contributed by atoms with Gasteiger partial charge in [-0.05, 0) is 29.5 Å². The van der Waals surface area contributed by atoms with Crippen molar-refractivity contribution in [2.75, 3.05) is 0 Å². The summed E-state index contributed by atoms with van der Waals surface area (Å²) in [5.41, 5.74) is 0.757. The first kappa shape index (κ1) is 8.11. The van der Waals surface area contributed by atoms with Gasteiger partial charge in [0.25, 0.3) is 0 Å². The summed E-state index contributed by atoms with van der Waals surface area (Å²) in [5.74, 6) is 0.787. The van der Waals surface area contributed by atoms with E-state index in [1.165, 1.54) is 11.3 Å². The molecular weight excluding hydrogens is 289 g/mol. The Morgan fingerprint density at radius 3 is 2.83 bits per heavy atom. The molecule has 0 unspecified atom stereocenters. The summed E-state index contributed by atoms with van der Waals surface area (Å²) in [6.07, 6.45) is 0. The van der Waals surface area contributed by atoms with Crippen molar-refractivity contribution in [3.05, 3.63) is 14.8 Å². The molecule has 0 aliphatic heterocycles. The second kappa shape index (κ2) is 3.09. The lowest BCUT2D eigenvalue weighted by Crippen LogP contribution is -1.74. The molecule has 2 aromatic rings. The molecule has 2 aromatic heterocycles. The number of aryl methyl sites for hydroxylation is 1. The molecule has 0 aromatic carbocycles. The third-order valence-corrected chi connectivity index (χ3v) is 2.86. The maximum atomic E-state index is 4.91. The van der Waals surface area contributed by atoms with Gasteiger partial charge >= 0.3 is 0 Å². The molecule has 0 aliphatic rings. The monoisotopic (exact) mass is 293 g/mol. The van der Waals surface area contributed by atoms with E-state index >= 15 is 0 Å². The maximum absolute atomic E-state index is 4.91. The van der Waals surface area contributed by atoms with Crippen molar-refractivity contribution >= 4 is 33.9 Å². The Bertz CT molecular complexity index is 359. The lowest BCUT2D eigenvalue weighted by Gasteiger charge is -1.78. The predicted molar refractivity (Wildman–Crippen MR) is 52.9 cm³/mol. The maximum Gasteiger partial charge on any atom is 0.178 e. The Balaban J connectivity index is 2.43. The molecule has 2 rings (SSSR count). The van der Waals surface area contributed by atoms with Gasteiger partial charge in [0, 0.05) is 6.07 Å². The van der Waals surface area contributed by atoms with Crippen molar-refractivity contribution in [2.45, 2.75) is 6.92 Å². The average molecular weight is 293 g/mol. The summed E-state index contributed by atoms with van der Waals surface area (Å²) >= 11 is 3.62. The third kappa shape index (κ3) is 1.48. The molecule has 4 nitrogen and oxygen atoms in total. The van der Waals surface area contributed by atoms with E-state index in [4.69, 9.17) is 4.52 Å². The van der Waals surface area contributed by atoms with Gasteiger partial charge in [0.15, 0.2) is 8.02 Å². The first-order chi connectivity index (χ1) is 5.75. The molecule has 6 heteroatoms. The summed E-state index contributed by atoms with van der Waals surface area (Å²) in [4.78, 5) is 0. The van der Waals surface area contributed by atoms with Crippen LogP contribution in [0.1, 0.15) is 5.76 Å². The van der Waals surface area contributed by atoms with E-state index in [2.05, 4.69) is 37.9 Å². The number of hydrogen-bond donors (Lipinski definition) is 0. The van der Waals surface area contributed by atoms with Crippen molar-refractivity contribution in [1.82, 2.24) is 15.4 Å². The fourth-order valence-corrected chi connectivity index (χ4v) is 2.03. The van der Waals surface area contributed by atoms with E-state index in [0.717, 1.165) is 19.5 Å². The van der Waals surface area contributed by atoms with E-state index in [1.807, 2.05) is 13.0 Å². The standard InChI is InChI=1S/C6H4IN3OS/c1-3-2-4(10-11-3)5-8-9-6(7)12-5/h2H,1H3. The van der Waals surface area contributed by atoms with Crippen LogP contribution in [-0.4, -0.2) is 15.4 Å². The molecule has 0 atom stereocenters. The van der Waals surface area contributed by atoms with E-state index in [-0.39, 0.29) is 0 Å². The van der Waals surface area contributed by atoms with Crippen LogP contribution in [0.25, 0.3) is 10.7 Å². The van der Waals surface area contributed by atoms with Crippen molar-refractivity contribution in [2.24, 2.45) is 0 Å². The SMILES string of the molecule is Cc1cc(-c2nnc(I)s2)no1. The number of rotatable bonds is 1. The zero-order chi connectivity index (χ0) is 8.55. The highest BCUT2D eigenvalue weighted by Gasteiger charge is 2.08. The van der Waals surface area contributed by atoms with Crippen molar-refractivity contribution in [1.29, 1.82) is 0 Å². The number of nitrogens with zero attached hydrogens (tertiary/aromatic N) is 3. The van der Waals surface area contributed by atoms with Gasteiger partial charge in [-0.1, -0.05) is 16.5 Å². The molecule has 12 heavy (non-hydrogen) atoms. The van der Waals surface area contributed by atoms with E-state index < -0.39 is 0 Å². The van der Waals surface area contributed by atoms with Crippen molar-refractivity contribution in [3.63, 3.8) is 0 Å². The quantitative estimate of drug-likeness (QED) is 0.756. The number of halogens is 1. The normalized spacial score (nSPS) is 10.5. The van der Waals surface area contributed by atoms with Gasteiger partial charge < -0.3 is 4.52 Å². The van der Waals surface area contributed by atoms with Crippen LogP contribution >= 0.6 is 33.9 Å². The molecule has 0 amide bonds. The molecule has 2 heterocycles. The zero-order valence-electron chi connectivity index (χ0n) is 6.11. The highest BCUT2D eigenvalue weighted by molar-refractivity contribution is 14.1. The molecule has 0 fully saturated rings. The van der Waals surface area contributed by atoms with Crippen molar-refractivity contribution in [3.8, 4) is 10.7 Å². The number of hydrogen-bond acceptors (Lipinski definition) is 5. The van der Waals surface area contributed by atoms with Crippen LogP contribution in [-0.2, 0) is 0 Å². The highest BCUT2D eigenvalue weighted by Crippen LogP contribution is 2.23. The predicted octanol–water partition coefficient (Wildman–Crippen LogP) is 2.11.